The van der Waals surface area contributed by atoms with Crippen LogP contribution in [0.15, 0.2) is 53.0 Å². The standard InChI is InChI=1S/C25H11BrClF11N2O3/c26-16-8-11(22(29,24(33,34)35)25(36,37)38)7-15(23(30,31)32)19(16)39-20(41)14-2-1-3-17(18(14)28)40-21(42)13-5-4-12(27)6-10(13)9-43-40/h1-8H,9H2,(H,39,41). The number of amides is 2. The fourth-order valence-corrected chi connectivity index (χ4v) is 4.80. The summed E-state index contributed by atoms with van der Waals surface area (Å²) in [7, 11) is 0. The van der Waals surface area contributed by atoms with Crippen molar-refractivity contribution in [1.82, 2.24) is 0 Å². The van der Waals surface area contributed by atoms with Crippen LogP contribution in [0.2, 0.25) is 5.02 Å². The molecule has 0 aromatic heterocycles. The molecule has 230 valence electrons. The monoisotopic (exact) mass is 710 g/mol. The second-order valence-corrected chi connectivity index (χ2v) is 10.1. The first-order valence-corrected chi connectivity index (χ1v) is 12.4. The second kappa shape index (κ2) is 10.9. The van der Waals surface area contributed by atoms with Crippen molar-refractivity contribution in [3.63, 3.8) is 0 Å². The van der Waals surface area contributed by atoms with Crippen molar-refractivity contribution in [3.8, 4) is 0 Å². The minimum Gasteiger partial charge on any atom is -0.320 e. The molecule has 0 saturated heterocycles. The summed E-state index contributed by atoms with van der Waals surface area (Å²) < 4.78 is 149. The number of carbonyl (C=O) groups is 2. The number of fused-ring (bicyclic) bond motifs is 1. The van der Waals surface area contributed by atoms with Crippen LogP contribution in [0.25, 0.3) is 0 Å². The number of nitrogens with one attached hydrogen (secondary N) is 1. The highest BCUT2D eigenvalue weighted by Gasteiger charge is 2.73. The van der Waals surface area contributed by atoms with Gasteiger partial charge in [-0.05, 0) is 64.0 Å². The highest BCUT2D eigenvalue weighted by molar-refractivity contribution is 9.10. The van der Waals surface area contributed by atoms with Gasteiger partial charge in [-0.1, -0.05) is 17.7 Å². The van der Waals surface area contributed by atoms with E-state index in [4.69, 9.17) is 16.4 Å². The number of rotatable bonds is 4. The maximum atomic E-state index is 15.5. The van der Waals surface area contributed by atoms with Crippen LogP contribution in [0.1, 0.15) is 37.4 Å². The Labute approximate surface area is 246 Å². The summed E-state index contributed by atoms with van der Waals surface area (Å²) in [6.45, 7) is -0.280. The summed E-state index contributed by atoms with van der Waals surface area (Å²) in [5.41, 5.74) is -13.8. The molecule has 1 heterocycles. The van der Waals surface area contributed by atoms with Gasteiger partial charge >= 0.3 is 24.2 Å². The lowest BCUT2D eigenvalue weighted by molar-refractivity contribution is -0.348. The van der Waals surface area contributed by atoms with Crippen molar-refractivity contribution in [2.24, 2.45) is 0 Å². The minimum absolute atomic E-state index is 0.0467. The molecule has 3 aromatic rings. The molecule has 3 aromatic carbocycles. The van der Waals surface area contributed by atoms with E-state index in [0.717, 1.165) is 18.2 Å². The number of nitrogens with zero attached hydrogens (tertiary/aromatic N) is 1. The van der Waals surface area contributed by atoms with Gasteiger partial charge in [-0.3, -0.25) is 14.4 Å². The summed E-state index contributed by atoms with van der Waals surface area (Å²) in [6, 6.07) is 5.81. The SMILES string of the molecule is O=C(Nc1c(Br)cc(C(F)(C(F)(F)F)C(F)(F)F)cc1C(F)(F)F)c1cccc(N2OCc3cc(Cl)ccc3C2=O)c1F. The Morgan fingerprint density at radius 3 is 2.14 bits per heavy atom. The van der Waals surface area contributed by atoms with Crippen molar-refractivity contribution in [2.75, 3.05) is 10.4 Å². The zero-order valence-corrected chi connectivity index (χ0v) is 22.8. The molecule has 18 heteroatoms. The molecule has 0 atom stereocenters. The smallest absolute Gasteiger partial charge is 0.320 e. The number of hydrogen-bond acceptors (Lipinski definition) is 3. The fourth-order valence-electron chi connectivity index (χ4n) is 4.05. The molecule has 0 bridgehead atoms. The molecule has 1 aliphatic heterocycles. The molecule has 0 aliphatic carbocycles. The Morgan fingerprint density at radius 2 is 1.56 bits per heavy atom. The number of benzene rings is 3. The molecule has 43 heavy (non-hydrogen) atoms. The zero-order valence-electron chi connectivity index (χ0n) is 20.4. The summed E-state index contributed by atoms with van der Waals surface area (Å²) in [4.78, 5) is 31.0. The number of alkyl halides is 10. The summed E-state index contributed by atoms with van der Waals surface area (Å²) in [6.07, 6.45) is -19.2. The van der Waals surface area contributed by atoms with Crippen molar-refractivity contribution < 1.29 is 62.7 Å². The van der Waals surface area contributed by atoms with Crippen LogP contribution < -0.4 is 10.4 Å². The van der Waals surface area contributed by atoms with Gasteiger partial charge in [-0.25, -0.2) is 8.78 Å². The topological polar surface area (TPSA) is 58.6 Å². The highest BCUT2D eigenvalue weighted by Crippen LogP contribution is 2.55. The summed E-state index contributed by atoms with van der Waals surface area (Å²) in [5, 5.41) is 2.30. The lowest BCUT2D eigenvalue weighted by Crippen LogP contribution is -2.50. The van der Waals surface area contributed by atoms with Crippen LogP contribution in [-0.2, 0) is 23.3 Å². The van der Waals surface area contributed by atoms with Gasteiger partial charge < -0.3 is 5.32 Å². The van der Waals surface area contributed by atoms with Crippen LogP contribution in [0.3, 0.4) is 0 Å². The van der Waals surface area contributed by atoms with E-state index in [2.05, 4.69) is 15.9 Å². The number of hydrogen-bond donors (Lipinski definition) is 1. The lowest BCUT2D eigenvalue weighted by Gasteiger charge is -2.31. The molecule has 1 N–H and O–H groups in total. The normalized spacial score (nSPS) is 14.5. The maximum absolute atomic E-state index is 15.5. The van der Waals surface area contributed by atoms with Gasteiger partial charge in [0.2, 0.25) is 0 Å². The van der Waals surface area contributed by atoms with Crippen LogP contribution >= 0.6 is 27.5 Å². The average Bonchev–Trinajstić information content (AvgIpc) is 2.87. The minimum atomic E-state index is -6.73. The summed E-state index contributed by atoms with van der Waals surface area (Å²) in [5.74, 6) is -4.08. The van der Waals surface area contributed by atoms with Gasteiger partial charge in [0.15, 0.2) is 5.82 Å². The predicted octanol–water partition coefficient (Wildman–Crippen LogP) is 8.89. The molecular formula is C25H11BrClF11N2O3. The molecule has 2 amide bonds. The Kier molecular flexibility index (Phi) is 8.25. The number of carbonyl (C=O) groups excluding carboxylic acids is 2. The van der Waals surface area contributed by atoms with E-state index in [0.29, 0.717) is 10.6 Å². The third kappa shape index (κ3) is 5.76. The molecule has 4 rings (SSSR count). The predicted molar refractivity (Wildman–Crippen MR) is 131 cm³/mol. The van der Waals surface area contributed by atoms with E-state index >= 15 is 4.39 Å². The third-order valence-electron chi connectivity index (χ3n) is 6.09. The van der Waals surface area contributed by atoms with Gasteiger partial charge in [0.25, 0.3) is 11.8 Å². The van der Waals surface area contributed by atoms with E-state index in [1.165, 1.54) is 18.2 Å². The molecule has 0 radical (unpaired) electrons. The first-order valence-electron chi connectivity index (χ1n) is 11.3. The molecular weight excluding hydrogens is 701 g/mol. The first-order chi connectivity index (χ1) is 19.7. The molecule has 5 nitrogen and oxygen atoms in total. The number of halogens is 13. The van der Waals surface area contributed by atoms with Crippen molar-refractivity contribution >= 4 is 50.7 Å². The lowest BCUT2D eigenvalue weighted by atomic mass is 9.92. The van der Waals surface area contributed by atoms with Crippen molar-refractivity contribution in [3.05, 3.63) is 91.7 Å². The highest BCUT2D eigenvalue weighted by atomic mass is 79.9. The van der Waals surface area contributed by atoms with Gasteiger partial charge in [0.05, 0.1) is 16.8 Å². The number of hydroxylamine groups is 1. The van der Waals surface area contributed by atoms with Crippen LogP contribution in [0, 0.1) is 5.82 Å². The Hall–Kier alpha value is -3.44. The summed E-state index contributed by atoms with van der Waals surface area (Å²) >= 11 is 8.22. The maximum Gasteiger partial charge on any atom is 0.435 e. The fraction of sp³-hybridized carbons (Fsp3) is 0.200. The van der Waals surface area contributed by atoms with Gasteiger partial charge in [-0.15, -0.1) is 0 Å². The Bertz CT molecular complexity index is 1610. The van der Waals surface area contributed by atoms with Gasteiger partial charge in [0.1, 0.15) is 12.3 Å². The van der Waals surface area contributed by atoms with E-state index < -0.39 is 80.4 Å². The van der Waals surface area contributed by atoms with E-state index in [-0.39, 0.29) is 23.3 Å². The van der Waals surface area contributed by atoms with Crippen LogP contribution in [0.4, 0.5) is 59.7 Å². The molecule has 0 unspecified atom stereocenters. The van der Waals surface area contributed by atoms with Gasteiger partial charge in [0, 0.05) is 20.6 Å². The van der Waals surface area contributed by atoms with Crippen molar-refractivity contribution in [1.29, 1.82) is 0 Å². The first kappa shape index (κ1) is 32.5. The Balaban J connectivity index is 1.75. The van der Waals surface area contributed by atoms with Crippen LogP contribution in [0.5, 0.6) is 0 Å². The second-order valence-electron chi connectivity index (χ2n) is 8.80. The van der Waals surface area contributed by atoms with Crippen molar-refractivity contribution in [2.45, 2.75) is 30.8 Å². The van der Waals surface area contributed by atoms with E-state index in [9.17, 15) is 53.5 Å². The zero-order chi connectivity index (χ0) is 32.3. The largest absolute Gasteiger partial charge is 0.435 e. The quantitative estimate of drug-likeness (QED) is 0.275. The Morgan fingerprint density at radius 1 is 0.930 bits per heavy atom. The van der Waals surface area contributed by atoms with E-state index in [1.807, 2.05) is 0 Å². The molecule has 0 spiro atoms. The average molecular weight is 712 g/mol. The number of anilines is 2. The van der Waals surface area contributed by atoms with Gasteiger partial charge in [-0.2, -0.15) is 44.6 Å². The molecule has 0 fully saturated rings. The molecule has 1 aliphatic rings. The van der Waals surface area contributed by atoms with E-state index in [1.54, 1.807) is 5.32 Å². The molecule has 0 saturated carbocycles. The third-order valence-corrected chi connectivity index (χ3v) is 6.95. The van der Waals surface area contributed by atoms with Crippen LogP contribution in [-0.4, -0.2) is 24.2 Å².